The van der Waals surface area contributed by atoms with Crippen molar-refractivity contribution >= 4 is 22.6 Å². The number of hydrogen-bond acceptors (Lipinski definition) is 4. The number of hydrogen-bond donors (Lipinski definition) is 2. The van der Waals surface area contributed by atoms with E-state index in [2.05, 4.69) is 15.8 Å². The summed E-state index contributed by atoms with van der Waals surface area (Å²) >= 11 is 0. The highest BCUT2D eigenvalue weighted by Gasteiger charge is 2.16. The summed E-state index contributed by atoms with van der Waals surface area (Å²) in [5.41, 5.74) is 5.64. The lowest BCUT2D eigenvalue weighted by molar-refractivity contribution is -0.128. The number of aromatic nitrogens is 1. The second kappa shape index (κ2) is 7.65. The first-order valence-corrected chi connectivity index (χ1v) is 8.22. The molecule has 1 atom stereocenters. The van der Waals surface area contributed by atoms with Crippen LogP contribution in [0.1, 0.15) is 23.1 Å². The lowest BCUT2D eigenvalue weighted by Crippen LogP contribution is -2.47. The predicted octanol–water partition coefficient (Wildman–Crippen LogP) is 2.77. The molecule has 0 bridgehead atoms. The number of aryl methyl sites for hydroxylation is 1. The standard InChI is InChI=1S/C20H19N3O3/c1-13-6-5-9-18(21-13)20(25)23-22-19(24)14(2)26-17-11-10-15-7-3-4-8-16(15)12-17/h3-12,14H,1-2H3,(H,22,24)(H,23,25). The summed E-state index contributed by atoms with van der Waals surface area (Å²) in [6.07, 6.45) is -0.776. The van der Waals surface area contributed by atoms with Gasteiger partial charge in [-0.05, 0) is 48.9 Å². The molecule has 0 aliphatic carbocycles. The van der Waals surface area contributed by atoms with Gasteiger partial charge >= 0.3 is 0 Å². The van der Waals surface area contributed by atoms with Crippen molar-refractivity contribution in [2.45, 2.75) is 20.0 Å². The molecule has 3 aromatic rings. The first-order chi connectivity index (χ1) is 12.5. The van der Waals surface area contributed by atoms with Crippen molar-refractivity contribution in [2.24, 2.45) is 0 Å². The first kappa shape index (κ1) is 17.4. The molecule has 1 heterocycles. The quantitative estimate of drug-likeness (QED) is 0.710. The number of amides is 2. The van der Waals surface area contributed by atoms with E-state index >= 15 is 0 Å². The van der Waals surface area contributed by atoms with Crippen LogP contribution in [-0.4, -0.2) is 22.9 Å². The Morgan fingerprint density at radius 2 is 1.73 bits per heavy atom. The maximum atomic E-state index is 12.1. The fourth-order valence-corrected chi connectivity index (χ4v) is 2.45. The zero-order valence-corrected chi connectivity index (χ0v) is 14.5. The molecule has 132 valence electrons. The van der Waals surface area contributed by atoms with Crippen molar-refractivity contribution in [3.05, 3.63) is 72.1 Å². The average Bonchev–Trinajstić information content (AvgIpc) is 2.65. The van der Waals surface area contributed by atoms with E-state index < -0.39 is 17.9 Å². The highest BCUT2D eigenvalue weighted by molar-refractivity contribution is 5.94. The van der Waals surface area contributed by atoms with Gasteiger partial charge in [0, 0.05) is 5.69 Å². The van der Waals surface area contributed by atoms with E-state index in [-0.39, 0.29) is 5.69 Å². The summed E-state index contributed by atoms with van der Waals surface area (Å²) in [5, 5.41) is 2.12. The van der Waals surface area contributed by atoms with Crippen molar-refractivity contribution in [3.8, 4) is 5.75 Å². The van der Waals surface area contributed by atoms with Crippen LogP contribution >= 0.6 is 0 Å². The SMILES string of the molecule is Cc1cccc(C(=O)NNC(=O)C(C)Oc2ccc3ccccc3c2)n1. The Hall–Kier alpha value is -3.41. The fraction of sp³-hybridized carbons (Fsp3) is 0.150. The lowest BCUT2D eigenvalue weighted by Gasteiger charge is -2.15. The Morgan fingerprint density at radius 3 is 2.50 bits per heavy atom. The predicted molar refractivity (Wildman–Crippen MR) is 98.6 cm³/mol. The van der Waals surface area contributed by atoms with E-state index in [1.165, 1.54) is 0 Å². The van der Waals surface area contributed by atoms with Gasteiger partial charge < -0.3 is 4.74 Å². The molecule has 6 heteroatoms. The van der Waals surface area contributed by atoms with Gasteiger partial charge in [-0.25, -0.2) is 4.98 Å². The summed E-state index contributed by atoms with van der Waals surface area (Å²) in [4.78, 5) is 28.2. The summed E-state index contributed by atoms with van der Waals surface area (Å²) < 4.78 is 5.66. The van der Waals surface area contributed by atoms with Gasteiger partial charge in [0.25, 0.3) is 11.8 Å². The van der Waals surface area contributed by atoms with Crippen LogP contribution in [0.15, 0.2) is 60.7 Å². The highest BCUT2D eigenvalue weighted by atomic mass is 16.5. The lowest BCUT2D eigenvalue weighted by atomic mass is 10.1. The topological polar surface area (TPSA) is 80.3 Å². The number of carbonyl (C=O) groups excluding carboxylic acids is 2. The van der Waals surface area contributed by atoms with Gasteiger partial charge in [0.2, 0.25) is 0 Å². The molecular formula is C20H19N3O3. The van der Waals surface area contributed by atoms with Gasteiger partial charge in [0.05, 0.1) is 0 Å². The van der Waals surface area contributed by atoms with Crippen LogP contribution in [-0.2, 0) is 4.79 Å². The second-order valence-electron chi connectivity index (χ2n) is 5.88. The van der Waals surface area contributed by atoms with Gasteiger partial charge in [0.15, 0.2) is 6.10 Å². The normalized spacial score (nSPS) is 11.6. The number of carbonyl (C=O) groups is 2. The third-order valence-electron chi connectivity index (χ3n) is 3.82. The van der Waals surface area contributed by atoms with Crippen molar-refractivity contribution in [1.82, 2.24) is 15.8 Å². The Labute approximate surface area is 151 Å². The number of benzene rings is 2. The number of fused-ring (bicyclic) bond motifs is 1. The van der Waals surface area contributed by atoms with Crippen molar-refractivity contribution in [3.63, 3.8) is 0 Å². The Balaban J connectivity index is 1.57. The minimum atomic E-state index is -0.776. The molecule has 6 nitrogen and oxygen atoms in total. The molecule has 0 fully saturated rings. The summed E-state index contributed by atoms with van der Waals surface area (Å²) in [6, 6.07) is 18.6. The molecule has 1 aromatic heterocycles. The molecule has 2 N–H and O–H groups in total. The number of ether oxygens (including phenoxy) is 1. The molecule has 26 heavy (non-hydrogen) atoms. The third-order valence-corrected chi connectivity index (χ3v) is 3.82. The van der Waals surface area contributed by atoms with E-state index in [0.29, 0.717) is 5.75 Å². The maximum Gasteiger partial charge on any atom is 0.288 e. The van der Waals surface area contributed by atoms with Crippen LogP contribution in [0.3, 0.4) is 0 Å². The van der Waals surface area contributed by atoms with Crippen LogP contribution in [0.2, 0.25) is 0 Å². The highest BCUT2D eigenvalue weighted by Crippen LogP contribution is 2.21. The molecule has 0 aliphatic rings. The minimum Gasteiger partial charge on any atom is -0.481 e. The van der Waals surface area contributed by atoms with Crippen molar-refractivity contribution in [2.75, 3.05) is 0 Å². The molecule has 2 aromatic carbocycles. The number of hydrazine groups is 1. The van der Waals surface area contributed by atoms with Gasteiger partial charge in [-0.3, -0.25) is 20.4 Å². The molecule has 0 spiro atoms. The minimum absolute atomic E-state index is 0.230. The van der Waals surface area contributed by atoms with Crippen molar-refractivity contribution in [1.29, 1.82) is 0 Å². The van der Waals surface area contributed by atoms with Crippen LogP contribution in [0.4, 0.5) is 0 Å². The van der Waals surface area contributed by atoms with Crippen LogP contribution < -0.4 is 15.6 Å². The smallest absolute Gasteiger partial charge is 0.288 e. The van der Waals surface area contributed by atoms with E-state index in [1.54, 1.807) is 38.1 Å². The van der Waals surface area contributed by atoms with E-state index in [4.69, 9.17) is 4.74 Å². The molecular weight excluding hydrogens is 330 g/mol. The first-order valence-electron chi connectivity index (χ1n) is 8.22. The number of rotatable bonds is 4. The van der Waals surface area contributed by atoms with Gasteiger partial charge in [0.1, 0.15) is 11.4 Å². The molecule has 0 saturated heterocycles. The zero-order chi connectivity index (χ0) is 18.5. The second-order valence-corrected chi connectivity index (χ2v) is 5.88. The summed E-state index contributed by atoms with van der Waals surface area (Å²) in [7, 11) is 0. The third kappa shape index (κ3) is 4.16. The van der Waals surface area contributed by atoms with Crippen LogP contribution in [0.5, 0.6) is 5.75 Å². The average molecular weight is 349 g/mol. The summed E-state index contributed by atoms with van der Waals surface area (Å²) in [6.45, 7) is 3.40. The Morgan fingerprint density at radius 1 is 0.962 bits per heavy atom. The van der Waals surface area contributed by atoms with Gasteiger partial charge in [-0.2, -0.15) is 0 Å². The zero-order valence-electron chi connectivity index (χ0n) is 14.5. The van der Waals surface area contributed by atoms with Gasteiger partial charge in [-0.15, -0.1) is 0 Å². The van der Waals surface area contributed by atoms with Crippen LogP contribution in [0, 0.1) is 6.92 Å². The van der Waals surface area contributed by atoms with E-state index in [1.807, 2.05) is 36.4 Å². The van der Waals surface area contributed by atoms with E-state index in [0.717, 1.165) is 16.5 Å². The van der Waals surface area contributed by atoms with E-state index in [9.17, 15) is 9.59 Å². The molecule has 0 aliphatic heterocycles. The monoisotopic (exact) mass is 349 g/mol. The number of nitrogens with one attached hydrogen (secondary N) is 2. The number of pyridine rings is 1. The van der Waals surface area contributed by atoms with Crippen LogP contribution in [0.25, 0.3) is 10.8 Å². The largest absolute Gasteiger partial charge is 0.481 e. The molecule has 1 unspecified atom stereocenters. The molecule has 2 amide bonds. The van der Waals surface area contributed by atoms with Crippen molar-refractivity contribution < 1.29 is 14.3 Å². The van der Waals surface area contributed by atoms with Gasteiger partial charge in [-0.1, -0.05) is 36.4 Å². The Bertz CT molecular complexity index is 956. The molecule has 0 radical (unpaired) electrons. The number of nitrogens with zero attached hydrogens (tertiary/aromatic N) is 1. The summed E-state index contributed by atoms with van der Waals surface area (Å²) in [5.74, 6) is -0.364. The Kier molecular flexibility index (Phi) is 5.12. The molecule has 3 rings (SSSR count). The maximum absolute atomic E-state index is 12.1. The molecule has 0 saturated carbocycles. The fourth-order valence-electron chi connectivity index (χ4n) is 2.45.